The fourth-order valence-corrected chi connectivity index (χ4v) is 2.55. The minimum atomic E-state index is -0.418. The summed E-state index contributed by atoms with van der Waals surface area (Å²) in [6.07, 6.45) is 1.57. The molecular weight excluding hydrogens is 245 g/mol. The van der Waals surface area contributed by atoms with Gasteiger partial charge in [-0.3, -0.25) is 4.79 Å². The molecule has 1 saturated heterocycles. The van der Waals surface area contributed by atoms with Crippen molar-refractivity contribution in [3.05, 3.63) is 35.6 Å². The molecule has 104 valence electrons. The van der Waals surface area contributed by atoms with Crippen molar-refractivity contribution in [2.75, 3.05) is 13.1 Å². The van der Waals surface area contributed by atoms with E-state index >= 15 is 0 Å². The number of piperidine rings is 1. The number of halogens is 1. The van der Waals surface area contributed by atoms with Gasteiger partial charge in [-0.1, -0.05) is 25.1 Å². The molecule has 0 saturated carbocycles. The Hall–Kier alpha value is -1.42. The summed E-state index contributed by atoms with van der Waals surface area (Å²) in [7, 11) is 0. The zero-order valence-corrected chi connectivity index (χ0v) is 11.2. The zero-order valence-electron chi connectivity index (χ0n) is 11.2. The van der Waals surface area contributed by atoms with Gasteiger partial charge in [0.25, 0.3) is 0 Å². The van der Waals surface area contributed by atoms with Gasteiger partial charge < -0.3 is 10.0 Å². The summed E-state index contributed by atoms with van der Waals surface area (Å²) >= 11 is 0. The molecule has 3 nitrogen and oxygen atoms in total. The predicted octanol–water partition coefficient (Wildman–Crippen LogP) is 1.99. The van der Waals surface area contributed by atoms with E-state index in [0.717, 1.165) is 12.8 Å². The van der Waals surface area contributed by atoms with Crippen molar-refractivity contribution in [2.24, 2.45) is 5.92 Å². The fourth-order valence-electron chi connectivity index (χ4n) is 2.55. The van der Waals surface area contributed by atoms with Crippen molar-refractivity contribution < 1.29 is 14.3 Å². The lowest BCUT2D eigenvalue weighted by Crippen LogP contribution is -2.44. The maximum atomic E-state index is 13.6. The van der Waals surface area contributed by atoms with Crippen molar-refractivity contribution >= 4 is 5.91 Å². The summed E-state index contributed by atoms with van der Waals surface area (Å²) in [5.41, 5.74) is 0.570. The number of likely N-dealkylation sites (tertiary alicyclic amines) is 1. The number of benzene rings is 1. The number of β-amino-alcohol motifs (C(OH)–C–C–N with tert-alkyl or cyclic N) is 1. The minimum Gasteiger partial charge on any atom is -0.391 e. The van der Waals surface area contributed by atoms with E-state index in [1.807, 2.05) is 6.92 Å². The van der Waals surface area contributed by atoms with E-state index in [1.54, 1.807) is 23.1 Å². The van der Waals surface area contributed by atoms with Crippen LogP contribution in [0.3, 0.4) is 0 Å². The monoisotopic (exact) mass is 265 g/mol. The van der Waals surface area contributed by atoms with Crippen molar-refractivity contribution in [1.29, 1.82) is 0 Å². The summed E-state index contributed by atoms with van der Waals surface area (Å²) in [5.74, 6) is -0.523. The van der Waals surface area contributed by atoms with Crippen LogP contribution in [-0.2, 0) is 11.2 Å². The third-order valence-electron chi connectivity index (χ3n) is 3.61. The highest BCUT2D eigenvalue weighted by molar-refractivity contribution is 5.79. The lowest BCUT2D eigenvalue weighted by atomic mass is 9.98. The van der Waals surface area contributed by atoms with Gasteiger partial charge in [-0.25, -0.2) is 4.39 Å². The van der Waals surface area contributed by atoms with Gasteiger partial charge in [0.05, 0.1) is 6.10 Å². The van der Waals surface area contributed by atoms with Crippen LogP contribution in [0.1, 0.15) is 25.3 Å². The second-order valence-corrected chi connectivity index (χ2v) is 5.28. The van der Waals surface area contributed by atoms with Crippen LogP contribution < -0.4 is 0 Å². The summed E-state index contributed by atoms with van der Waals surface area (Å²) in [6, 6.07) is 6.55. The Morgan fingerprint density at radius 1 is 1.53 bits per heavy atom. The van der Waals surface area contributed by atoms with Gasteiger partial charge in [0.1, 0.15) is 5.82 Å². The molecule has 1 heterocycles. The first-order valence-electron chi connectivity index (χ1n) is 6.78. The predicted molar refractivity (Wildman–Crippen MR) is 71.1 cm³/mol. The Morgan fingerprint density at radius 2 is 2.26 bits per heavy atom. The van der Waals surface area contributed by atoms with E-state index in [2.05, 4.69) is 0 Å². The average Bonchev–Trinajstić information content (AvgIpc) is 2.40. The second kappa shape index (κ2) is 6.15. The number of carbonyl (C=O) groups is 1. The lowest BCUT2D eigenvalue weighted by molar-refractivity contribution is -0.138. The number of aliphatic hydroxyl groups is 1. The minimum absolute atomic E-state index is 0.00185. The molecule has 1 aromatic rings. The molecule has 1 amide bonds. The molecule has 0 aromatic heterocycles. The van der Waals surface area contributed by atoms with Gasteiger partial charge in [0.15, 0.2) is 0 Å². The largest absolute Gasteiger partial charge is 0.391 e. The molecule has 1 fully saturated rings. The molecule has 2 atom stereocenters. The first-order valence-corrected chi connectivity index (χ1v) is 6.78. The van der Waals surface area contributed by atoms with Gasteiger partial charge in [0.2, 0.25) is 5.91 Å². The van der Waals surface area contributed by atoms with Crippen molar-refractivity contribution in [1.82, 2.24) is 4.90 Å². The second-order valence-electron chi connectivity index (χ2n) is 5.28. The first-order chi connectivity index (χ1) is 9.08. The molecular formula is C15H20FNO2. The van der Waals surface area contributed by atoms with E-state index in [0.29, 0.717) is 25.1 Å². The molecule has 0 radical (unpaired) electrons. The third-order valence-corrected chi connectivity index (χ3v) is 3.61. The third kappa shape index (κ3) is 3.53. The molecule has 19 heavy (non-hydrogen) atoms. The van der Waals surface area contributed by atoms with Crippen LogP contribution in [0.25, 0.3) is 0 Å². The smallest absolute Gasteiger partial charge is 0.225 e. The van der Waals surface area contributed by atoms with Crippen LogP contribution in [0.5, 0.6) is 0 Å². The number of amides is 1. The molecule has 2 rings (SSSR count). The van der Waals surface area contributed by atoms with Crippen LogP contribution in [0.15, 0.2) is 24.3 Å². The average molecular weight is 265 g/mol. The number of carbonyl (C=O) groups excluding carboxylic acids is 1. The van der Waals surface area contributed by atoms with E-state index in [9.17, 15) is 14.3 Å². The summed E-state index contributed by atoms with van der Waals surface area (Å²) in [6.45, 7) is 2.91. The molecule has 1 N–H and O–H groups in total. The molecule has 0 spiro atoms. The quantitative estimate of drug-likeness (QED) is 0.908. The Morgan fingerprint density at radius 3 is 2.95 bits per heavy atom. The summed E-state index contributed by atoms with van der Waals surface area (Å²) < 4.78 is 13.6. The van der Waals surface area contributed by atoms with Gasteiger partial charge in [-0.05, 0) is 30.9 Å². The van der Waals surface area contributed by atoms with Crippen molar-refractivity contribution in [2.45, 2.75) is 32.3 Å². The Labute approximate surface area is 113 Å². The molecule has 1 aliphatic rings. The van der Waals surface area contributed by atoms with E-state index in [1.165, 1.54) is 6.07 Å². The SMILES string of the molecule is CC(Cc1ccccc1F)C(=O)N1CCCC(O)C1. The number of aliphatic hydroxyl groups excluding tert-OH is 1. The van der Waals surface area contributed by atoms with Crippen molar-refractivity contribution in [3.63, 3.8) is 0 Å². The highest BCUT2D eigenvalue weighted by atomic mass is 19.1. The van der Waals surface area contributed by atoms with Gasteiger partial charge >= 0.3 is 0 Å². The normalized spacial score (nSPS) is 21.2. The number of nitrogens with zero attached hydrogens (tertiary/aromatic N) is 1. The summed E-state index contributed by atoms with van der Waals surface area (Å²) in [4.78, 5) is 13.9. The van der Waals surface area contributed by atoms with E-state index in [4.69, 9.17) is 0 Å². The number of hydrogen-bond acceptors (Lipinski definition) is 2. The molecule has 0 bridgehead atoms. The van der Waals surface area contributed by atoms with E-state index in [-0.39, 0.29) is 17.6 Å². The van der Waals surface area contributed by atoms with Crippen LogP contribution in [-0.4, -0.2) is 35.1 Å². The van der Waals surface area contributed by atoms with Crippen LogP contribution >= 0.6 is 0 Å². The molecule has 1 aliphatic heterocycles. The van der Waals surface area contributed by atoms with Crippen LogP contribution in [0.4, 0.5) is 4.39 Å². The summed E-state index contributed by atoms with van der Waals surface area (Å²) in [5, 5.41) is 9.59. The van der Waals surface area contributed by atoms with E-state index < -0.39 is 6.10 Å². The maximum Gasteiger partial charge on any atom is 0.225 e. The van der Waals surface area contributed by atoms with Crippen molar-refractivity contribution in [3.8, 4) is 0 Å². The molecule has 0 aliphatic carbocycles. The highest BCUT2D eigenvalue weighted by Gasteiger charge is 2.26. The highest BCUT2D eigenvalue weighted by Crippen LogP contribution is 2.17. The standard InChI is InChI=1S/C15H20FNO2/c1-11(9-12-5-2-3-7-14(12)16)15(19)17-8-4-6-13(18)10-17/h2-3,5,7,11,13,18H,4,6,8-10H2,1H3. The number of rotatable bonds is 3. The number of hydrogen-bond donors (Lipinski definition) is 1. The topological polar surface area (TPSA) is 40.5 Å². The van der Waals surface area contributed by atoms with Crippen LogP contribution in [0, 0.1) is 11.7 Å². The Bertz CT molecular complexity index is 450. The first kappa shape index (κ1) is 14.0. The van der Waals surface area contributed by atoms with Gasteiger partial charge in [-0.15, -0.1) is 0 Å². The molecule has 1 aromatic carbocycles. The van der Waals surface area contributed by atoms with Gasteiger partial charge in [-0.2, -0.15) is 0 Å². The van der Waals surface area contributed by atoms with Crippen LogP contribution in [0.2, 0.25) is 0 Å². The Balaban J connectivity index is 1.97. The lowest BCUT2D eigenvalue weighted by Gasteiger charge is -2.32. The van der Waals surface area contributed by atoms with Gasteiger partial charge in [0, 0.05) is 19.0 Å². The molecule has 4 heteroatoms. The Kier molecular flexibility index (Phi) is 4.53. The molecule has 2 unspecified atom stereocenters. The zero-order chi connectivity index (χ0) is 13.8. The fraction of sp³-hybridized carbons (Fsp3) is 0.533. The maximum absolute atomic E-state index is 13.6.